The molecule has 1 atom stereocenters. The van der Waals surface area contributed by atoms with Gasteiger partial charge in [0.15, 0.2) is 0 Å². The summed E-state index contributed by atoms with van der Waals surface area (Å²) in [6.07, 6.45) is 5.15. The van der Waals surface area contributed by atoms with E-state index in [9.17, 15) is 0 Å². The van der Waals surface area contributed by atoms with E-state index in [1.165, 1.54) is 19.3 Å². The lowest BCUT2D eigenvalue weighted by atomic mass is 10.0. The van der Waals surface area contributed by atoms with Crippen molar-refractivity contribution in [1.82, 2.24) is 15.1 Å². The Hall–Kier alpha value is -2.63. The molecule has 0 N–H and O–H groups in total. The van der Waals surface area contributed by atoms with Crippen molar-refractivity contribution in [1.29, 1.82) is 0 Å². The third-order valence-electron chi connectivity index (χ3n) is 4.69. The third kappa shape index (κ3) is 2.38. The van der Waals surface area contributed by atoms with Crippen LogP contribution in [0, 0.1) is 0 Å². The maximum absolute atomic E-state index is 5.49. The van der Waals surface area contributed by atoms with Crippen molar-refractivity contribution in [3.63, 3.8) is 0 Å². The van der Waals surface area contributed by atoms with E-state index in [-0.39, 0.29) is 0 Å². The van der Waals surface area contributed by atoms with Gasteiger partial charge in [0.2, 0.25) is 0 Å². The van der Waals surface area contributed by atoms with Crippen LogP contribution in [-0.4, -0.2) is 34.8 Å². The number of piperidine rings is 1. The number of anilines is 1. The Labute approximate surface area is 140 Å². The standard InChI is InChI=1S/C18H20N4O2/c1-12-7-5-6-10-22(12)17-15-16(21-24-18(15)20-11-19-17)13-8-3-4-9-14(13)23-2/h3-4,8-9,11-12H,5-7,10H2,1-2H3. The molecule has 124 valence electrons. The van der Waals surface area contributed by atoms with Crippen molar-refractivity contribution in [2.24, 2.45) is 0 Å². The lowest BCUT2D eigenvalue weighted by Crippen LogP contribution is -2.38. The van der Waals surface area contributed by atoms with Gasteiger partial charge in [-0.3, -0.25) is 0 Å². The summed E-state index contributed by atoms with van der Waals surface area (Å²) in [7, 11) is 1.66. The van der Waals surface area contributed by atoms with Crippen LogP contribution in [0.3, 0.4) is 0 Å². The van der Waals surface area contributed by atoms with Crippen molar-refractivity contribution < 1.29 is 9.26 Å². The third-order valence-corrected chi connectivity index (χ3v) is 4.69. The van der Waals surface area contributed by atoms with Crippen molar-refractivity contribution in [3.05, 3.63) is 30.6 Å². The van der Waals surface area contributed by atoms with Gasteiger partial charge in [0.25, 0.3) is 5.71 Å². The van der Waals surface area contributed by atoms with Crippen LogP contribution in [0.1, 0.15) is 26.2 Å². The van der Waals surface area contributed by atoms with Gasteiger partial charge in [-0.2, -0.15) is 4.98 Å². The molecule has 0 bridgehead atoms. The Bertz CT molecular complexity index is 861. The van der Waals surface area contributed by atoms with Crippen LogP contribution in [0.15, 0.2) is 35.1 Å². The van der Waals surface area contributed by atoms with E-state index in [0.717, 1.165) is 34.8 Å². The summed E-state index contributed by atoms with van der Waals surface area (Å²) in [4.78, 5) is 11.2. The van der Waals surface area contributed by atoms with Gasteiger partial charge in [-0.15, -0.1) is 0 Å². The molecule has 1 saturated heterocycles. The molecule has 24 heavy (non-hydrogen) atoms. The molecule has 4 rings (SSSR count). The van der Waals surface area contributed by atoms with Crippen LogP contribution in [0.4, 0.5) is 5.82 Å². The molecule has 1 aromatic carbocycles. The average Bonchev–Trinajstić information content (AvgIpc) is 3.06. The second-order valence-corrected chi connectivity index (χ2v) is 6.15. The first-order chi connectivity index (χ1) is 11.8. The van der Waals surface area contributed by atoms with Crippen molar-refractivity contribution in [2.75, 3.05) is 18.6 Å². The number of para-hydroxylation sites is 1. The summed E-state index contributed by atoms with van der Waals surface area (Å²) in [5, 5.41) is 5.13. The topological polar surface area (TPSA) is 64.3 Å². The fourth-order valence-electron chi connectivity index (χ4n) is 3.43. The maximum Gasteiger partial charge on any atom is 0.263 e. The number of nitrogens with zero attached hydrogens (tertiary/aromatic N) is 4. The van der Waals surface area contributed by atoms with Crippen molar-refractivity contribution in [2.45, 2.75) is 32.2 Å². The van der Waals surface area contributed by atoms with Gasteiger partial charge in [-0.25, -0.2) is 4.98 Å². The Balaban J connectivity index is 1.92. The van der Waals surface area contributed by atoms with E-state index in [4.69, 9.17) is 9.26 Å². The van der Waals surface area contributed by atoms with Crippen LogP contribution in [0.25, 0.3) is 22.4 Å². The Morgan fingerprint density at radius 2 is 2.08 bits per heavy atom. The molecule has 1 aliphatic rings. The molecule has 0 radical (unpaired) electrons. The molecule has 0 amide bonds. The van der Waals surface area contributed by atoms with Gasteiger partial charge in [0, 0.05) is 18.2 Å². The smallest absolute Gasteiger partial charge is 0.263 e. The highest BCUT2D eigenvalue weighted by Crippen LogP contribution is 2.38. The van der Waals surface area contributed by atoms with E-state index in [2.05, 4.69) is 26.9 Å². The second kappa shape index (κ2) is 6.11. The monoisotopic (exact) mass is 324 g/mol. The summed E-state index contributed by atoms with van der Waals surface area (Å²) < 4.78 is 11.0. The molecule has 1 fully saturated rings. The molecule has 3 heterocycles. The van der Waals surface area contributed by atoms with Crippen LogP contribution in [-0.2, 0) is 0 Å². The summed E-state index contributed by atoms with van der Waals surface area (Å²) in [6, 6.07) is 8.24. The minimum absolute atomic E-state index is 0.442. The second-order valence-electron chi connectivity index (χ2n) is 6.15. The van der Waals surface area contributed by atoms with E-state index in [1.807, 2.05) is 24.3 Å². The predicted molar refractivity (Wildman–Crippen MR) is 92.2 cm³/mol. The molecule has 0 saturated carbocycles. The number of rotatable bonds is 3. The van der Waals surface area contributed by atoms with Crippen molar-refractivity contribution >= 4 is 16.9 Å². The number of fused-ring (bicyclic) bond motifs is 1. The molecule has 1 aliphatic heterocycles. The van der Waals surface area contributed by atoms with Crippen LogP contribution in [0.2, 0.25) is 0 Å². The Morgan fingerprint density at radius 3 is 2.92 bits per heavy atom. The van der Waals surface area contributed by atoms with Gasteiger partial charge in [0.1, 0.15) is 29.0 Å². The highest BCUT2D eigenvalue weighted by molar-refractivity contribution is 5.99. The van der Waals surface area contributed by atoms with Gasteiger partial charge in [-0.1, -0.05) is 17.3 Å². The highest BCUT2D eigenvalue weighted by atomic mass is 16.5. The first-order valence-electron chi connectivity index (χ1n) is 8.30. The average molecular weight is 324 g/mol. The zero-order chi connectivity index (χ0) is 16.5. The quantitative estimate of drug-likeness (QED) is 0.732. The van der Waals surface area contributed by atoms with Crippen LogP contribution < -0.4 is 9.64 Å². The first kappa shape index (κ1) is 14.9. The Morgan fingerprint density at radius 1 is 1.21 bits per heavy atom. The summed E-state index contributed by atoms with van der Waals surface area (Å²) in [5.74, 6) is 1.66. The SMILES string of the molecule is COc1ccccc1-c1noc2ncnc(N3CCCCC3C)c12. The zero-order valence-electron chi connectivity index (χ0n) is 13.9. The van der Waals surface area contributed by atoms with Gasteiger partial charge in [-0.05, 0) is 38.3 Å². The lowest BCUT2D eigenvalue weighted by molar-refractivity contribution is 0.414. The molecule has 2 aromatic heterocycles. The van der Waals surface area contributed by atoms with E-state index in [1.54, 1.807) is 13.4 Å². The number of hydrogen-bond acceptors (Lipinski definition) is 6. The number of benzene rings is 1. The normalized spacial score (nSPS) is 18.1. The zero-order valence-corrected chi connectivity index (χ0v) is 13.9. The molecular weight excluding hydrogens is 304 g/mol. The largest absolute Gasteiger partial charge is 0.496 e. The van der Waals surface area contributed by atoms with Crippen molar-refractivity contribution in [3.8, 4) is 17.0 Å². The first-order valence-corrected chi connectivity index (χ1v) is 8.30. The number of aromatic nitrogens is 3. The molecule has 0 aliphatic carbocycles. The van der Waals surface area contributed by atoms with E-state index in [0.29, 0.717) is 11.8 Å². The molecule has 1 unspecified atom stereocenters. The summed E-state index contributed by atoms with van der Waals surface area (Å²) in [5.41, 5.74) is 2.13. The minimum atomic E-state index is 0.442. The lowest BCUT2D eigenvalue weighted by Gasteiger charge is -2.34. The molecule has 6 heteroatoms. The summed E-state index contributed by atoms with van der Waals surface area (Å²) >= 11 is 0. The molecular formula is C18H20N4O2. The molecule has 6 nitrogen and oxygen atoms in total. The summed E-state index contributed by atoms with van der Waals surface area (Å²) in [6.45, 7) is 3.23. The molecule has 0 spiro atoms. The molecule has 3 aromatic rings. The van der Waals surface area contributed by atoms with Gasteiger partial charge in [0.05, 0.1) is 7.11 Å². The van der Waals surface area contributed by atoms with Crippen LogP contribution in [0.5, 0.6) is 5.75 Å². The van der Waals surface area contributed by atoms with E-state index < -0.39 is 0 Å². The minimum Gasteiger partial charge on any atom is -0.496 e. The van der Waals surface area contributed by atoms with Gasteiger partial charge < -0.3 is 14.2 Å². The van der Waals surface area contributed by atoms with E-state index >= 15 is 0 Å². The number of ether oxygens (including phenoxy) is 1. The number of hydrogen-bond donors (Lipinski definition) is 0. The van der Waals surface area contributed by atoms with Gasteiger partial charge >= 0.3 is 0 Å². The van der Waals surface area contributed by atoms with Crippen LogP contribution >= 0.6 is 0 Å². The fraction of sp³-hybridized carbons (Fsp3) is 0.389. The predicted octanol–water partition coefficient (Wildman–Crippen LogP) is 3.67. The fourth-order valence-corrected chi connectivity index (χ4v) is 3.43. The highest BCUT2D eigenvalue weighted by Gasteiger charge is 2.26. The Kier molecular flexibility index (Phi) is 3.80. The number of methoxy groups -OCH3 is 1. The maximum atomic E-state index is 5.49.